The third kappa shape index (κ3) is 2.29. The molecule has 2 aliphatic carbocycles. The van der Waals surface area contributed by atoms with Gasteiger partial charge in [0.25, 0.3) is 6.47 Å². The number of hydrogen-bond acceptors (Lipinski definition) is 2. The van der Waals surface area contributed by atoms with Gasteiger partial charge in [-0.1, -0.05) is 37.3 Å². The van der Waals surface area contributed by atoms with Crippen molar-refractivity contribution in [3.05, 3.63) is 36.0 Å². The molecule has 2 nitrogen and oxygen atoms in total. The molecule has 18 heavy (non-hydrogen) atoms. The van der Waals surface area contributed by atoms with Gasteiger partial charge in [0, 0.05) is 0 Å². The Labute approximate surface area is 109 Å². The van der Waals surface area contributed by atoms with E-state index in [9.17, 15) is 4.79 Å². The van der Waals surface area contributed by atoms with E-state index in [0.717, 1.165) is 18.4 Å². The van der Waals surface area contributed by atoms with Crippen LogP contribution in [0.15, 0.2) is 36.0 Å². The minimum absolute atomic E-state index is 0.266. The molecular formula is C16H22O2. The second-order valence-electron chi connectivity index (χ2n) is 5.77. The normalized spacial score (nSPS) is 34.1. The van der Waals surface area contributed by atoms with Crippen LogP contribution in [-0.4, -0.2) is 13.1 Å². The minimum atomic E-state index is 0.266. The maximum atomic E-state index is 10.1. The molecule has 1 saturated carbocycles. The van der Waals surface area contributed by atoms with Crippen molar-refractivity contribution in [2.75, 3.05) is 6.61 Å². The zero-order chi connectivity index (χ0) is 13.2. The van der Waals surface area contributed by atoms with E-state index in [0.29, 0.717) is 24.9 Å². The number of allylic oxidation sites excluding steroid dienone is 4. The lowest BCUT2D eigenvalue weighted by molar-refractivity contribution is -0.127. The lowest BCUT2D eigenvalue weighted by Crippen LogP contribution is -2.23. The summed E-state index contributed by atoms with van der Waals surface area (Å²) in [4.78, 5) is 10.1. The fourth-order valence-electron chi connectivity index (χ4n) is 3.28. The molecular weight excluding hydrogens is 224 g/mol. The Balaban J connectivity index is 1.89. The molecule has 98 valence electrons. The average Bonchev–Trinajstić information content (AvgIpc) is 2.91. The molecule has 0 heterocycles. The summed E-state index contributed by atoms with van der Waals surface area (Å²) < 4.78 is 4.74. The van der Waals surface area contributed by atoms with E-state index >= 15 is 0 Å². The molecule has 0 unspecified atom stereocenters. The summed E-state index contributed by atoms with van der Waals surface area (Å²) in [5.41, 5.74) is 2.79. The van der Waals surface area contributed by atoms with E-state index in [-0.39, 0.29) is 5.41 Å². The fraction of sp³-hybridized carbons (Fsp3) is 0.562. The first-order valence-corrected chi connectivity index (χ1v) is 6.66. The maximum Gasteiger partial charge on any atom is 0.293 e. The van der Waals surface area contributed by atoms with Crippen LogP contribution in [0.2, 0.25) is 0 Å². The molecule has 1 fully saturated rings. The third-order valence-electron chi connectivity index (χ3n) is 4.62. The van der Waals surface area contributed by atoms with Crippen molar-refractivity contribution in [3.8, 4) is 0 Å². The van der Waals surface area contributed by atoms with Gasteiger partial charge in [0.15, 0.2) is 0 Å². The van der Waals surface area contributed by atoms with E-state index in [1.165, 1.54) is 12.0 Å². The molecule has 2 aliphatic rings. The monoisotopic (exact) mass is 246 g/mol. The first-order valence-electron chi connectivity index (χ1n) is 6.66. The van der Waals surface area contributed by atoms with E-state index in [2.05, 4.69) is 31.7 Å². The van der Waals surface area contributed by atoms with Crippen LogP contribution in [-0.2, 0) is 9.53 Å². The first-order chi connectivity index (χ1) is 8.58. The van der Waals surface area contributed by atoms with Crippen LogP contribution in [0.5, 0.6) is 0 Å². The Bertz CT molecular complexity index is 405. The number of carbonyl (C=O) groups is 1. The number of ether oxygens (including phenoxy) is 1. The molecule has 3 atom stereocenters. The minimum Gasteiger partial charge on any atom is -0.463 e. The van der Waals surface area contributed by atoms with Crippen LogP contribution in [0.25, 0.3) is 0 Å². The Hall–Kier alpha value is -1.31. The molecule has 0 aromatic rings. The maximum absolute atomic E-state index is 10.1. The summed E-state index contributed by atoms with van der Waals surface area (Å²) in [5, 5.41) is 0. The van der Waals surface area contributed by atoms with Gasteiger partial charge in [-0.3, -0.25) is 4.79 Å². The predicted molar refractivity (Wildman–Crippen MR) is 73.0 cm³/mol. The molecule has 2 rings (SSSR count). The van der Waals surface area contributed by atoms with Gasteiger partial charge in [0.1, 0.15) is 6.61 Å². The number of carbonyl (C=O) groups excluding carboxylic acids is 1. The van der Waals surface area contributed by atoms with Crippen LogP contribution in [0.1, 0.15) is 33.1 Å². The van der Waals surface area contributed by atoms with Crippen LogP contribution in [0, 0.1) is 17.3 Å². The van der Waals surface area contributed by atoms with Crippen molar-refractivity contribution in [2.45, 2.75) is 33.1 Å². The standard InChI is InChI=1S/C16H22O2/c1-12(10-18-11-17)5-4-8-16(3)13(2)14-6-7-15(16)9-14/h5-7,11,14-15H,2,4,8-10H2,1,3H3/t14-,15+,16+/m1/s1. The largest absolute Gasteiger partial charge is 0.463 e. The number of hydrogen-bond donors (Lipinski definition) is 0. The van der Waals surface area contributed by atoms with Crippen molar-refractivity contribution < 1.29 is 9.53 Å². The molecule has 0 amide bonds. The quantitative estimate of drug-likeness (QED) is 0.528. The highest BCUT2D eigenvalue weighted by Gasteiger charge is 2.47. The van der Waals surface area contributed by atoms with Crippen molar-refractivity contribution in [1.29, 1.82) is 0 Å². The van der Waals surface area contributed by atoms with Gasteiger partial charge < -0.3 is 4.74 Å². The highest BCUT2D eigenvalue weighted by Crippen LogP contribution is 2.57. The summed E-state index contributed by atoms with van der Waals surface area (Å²) >= 11 is 0. The number of rotatable bonds is 6. The van der Waals surface area contributed by atoms with Crippen molar-refractivity contribution in [3.63, 3.8) is 0 Å². The van der Waals surface area contributed by atoms with Gasteiger partial charge in [0.2, 0.25) is 0 Å². The topological polar surface area (TPSA) is 26.3 Å². The van der Waals surface area contributed by atoms with Gasteiger partial charge in [0.05, 0.1) is 0 Å². The Morgan fingerprint density at radius 1 is 1.61 bits per heavy atom. The van der Waals surface area contributed by atoms with Gasteiger partial charge in [-0.25, -0.2) is 0 Å². The Morgan fingerprint density at radius 2 is 2.39 bits per heavy atom. The summed E-state index contributed by atoms with van der Waals surface area (Å²) in [7, 11) is 0. The molecule has 0 aromatic heterocycles. The lowest BCUT2D eigenvalue weighted by atomic mass is 9.71. The lowest BCUT2D eigenvalue weighted by Gasteiger charge is -2.33. The molecule has 0 aromatic carbocycles. The summed E-state index contributed by atoms with van der Waals surface area (Å²) in [6.45, 7) is 9.55. The summed E-state index contributed by atoms with van der Waals surface area (Å²) in [6.07, 6.45) is 10.3. The first kappa shape index (κ1) is 13.1. The zero-order valence-electron chi connectivity index (χ0n) is 11.3. The molecule has 2 bridgehead atoms. The highest BCUT2D eigenvalue weighted by molar-refractivity contribution is 5.37. The molecule has 0 saturated heterocycles. The summed E-state index contributed by atoms with van der Waals surface area (Å²) in [5.74, 6) is 1.29. The molecule has 0 spiro atoms. The van der Waals surface area contributed by atoms with Crippen LogP contribution in [0.3, 0.4) is 0 Å². The van der Waals surface area contributed by atoms with E-state index in [1.807, 2.05) is 6.92 Å². The number of fused-ring (bicyclic) bond motifs is 2. The third-order valence-corrected chi connectivity index (χ3v) is 4.62. The summed E-state index contributed by atoms with van der Waals surface area (Å²) in [6, 6.07) is 0. The Kier molecular flexibility index (Phi) is 3.74. The van der Waals surface area contributed by atoms with Gasteiger partial charge in [-0.2, -0.15) is 0 Å². The highest BCUT2D eigenvalue weighted by atomic mass is 16.5. The second kappa shape index (κ2) is 5.13. The van der Waals surface area contributed by atoms with E-state index in [1.54, 1.807) is 0 Å². The van der Waals surface area contributed by atoms with Crippen molar-refractivity contribution in [2.24, 2.45) is 17.3 Å². The SMILES string of the molecule is C=C1[C@@H]2C=C[C@@H](C2)[C@@]1(C)CCC=C(C)COC=O. The predicted octanol–water partition coefficient (Wildman–Crippen LogP) is 3.65. The smallest absolute Gasteiger partial charge is 0.293 e. The Morgan fingerprint density at radius 3 is 3.00 bits per heavy atom. The molecule has 0 N–H and O–H groups in total. The second-order valence-corrected chi connectivity index (χ2v) is 5.77. The molecule has 2 heteroatoms. The van der Waals surface area contributed by atoms with Crippen LogP contribution in [0.4, 0.5) is 0 Å². The van der Waals surface area contributed by atoms with Crippen molar-refractivity contribution in [1.82, 2.24) is 0 Å². The van der Waals surface area contributed by atoms with Gasteiger partial charge in [-0.15, -0.1) is 0 Å². The van der Waals surface area contributed by atoms with Crippen molar-refractivity contribution >= 4 is 6.47 Å². The zero-order valence-corrected chi connectivity index (χ0v) is 11.3. The average molecular weight is 246 g/mol. The molecule has 0 aliphatic heterocycles. The van der Waals surface area contributed by atoms with E-state index < -0.39 is 0 Å². The van der Waals surface area contributed by atoms with Crippen LogP contribution < -0.4 is 0 Å². The molecule has 0 radical (unpaired) electrons. The van der Waals surface area contributed by atoms with Gasteiger partial charge >= 0.3 is 0 Å². The van der Waals surface area contributed by atoms with Gasteiger partial charge in [-0.05, 0) is 49.0 Å². The van der Waals surface area contributed by atoms with E-state index in [4.69, 9.17) is 4.74 Å². The van der Waals surface area contributed by atoms with Crippen LogP contribution >= 0.6 is 0 Å². The fourth-order valence-corrected chi connectivity index (χ4v) is 3.28.